The highest BCUT2D eigenvalue weighted by molar-refractivity contribution is 5.95. The maximum absolute atomic E-state index is 12.1. The second kappa shape index (κ2) is 9.38. The maximum Gasteiger partial charge on any atom is 0.344 e. The van der Waals surface area contributed by atoms with Crippen LogP contribution < -0.4 is 15.4 Å². The highest BCUT2D eigenvalue weighted by Crippen LogP contribution is 2.15. The van der Waals surface area contributed by atoms with Crippen LogP contribution in [0.25, 0.3) is 0 Å². The number of aryl methyl sites for hydroxylation is 1. The van der Waals surface area contributed by atoms with E-state index in [9.17, 15) is 14.4 Å². The Hall–Kier alpha value is -3.35. The summed E-state index contributed by atoms with van der Waals surface area (Å²) in [5.41, 5.74) is 2.15. The average molecular weight is 370 g/mol. The first-order valence-corrected chi connectivity index (χ1v) is 8.41. The molecule has 0 aliphatic heterocycles. The summed E-state index contributed by atoms with van der Waals surface area (Å²) in [5, 5.41) is 5.27. The van der Waals surface area contributed by atoms with E-state index in [0.29, 0.717) is 17.1 Å². The fraction of sp³-hybridized carbons (Fsp3) is 0.250. The number of ether oxygens (including phenoxy) is 2. The third-order valence-electron chi connectivity index (χ3n) is 3.50. The fourth-order valence-corrected chi connectivity index (χ4v) is 2.22. The van der Waals surface area contributed by atoms with Crippen LogP contribution in [0.1, 0.15) is 19.4 Å². The van der Waals surface area contributed by atoms with Crippen molar-refractivity contribution in [3.05, 3.63) is 54.1 Å². The Morgan fingerprint density at radius 1 is 1.00 bits per heavy atom. The van der Waals surface area contributed by atoms with Crippen molar-refractivity contribution >= 4 is 29.2 Å². The van der Waals surface area contributed by atoms with Crippen LogP contribution >= 0.6 is 0 Å². The number of carbonyl (C=O) groups is 3. The summed E-state index contributed by atoms with van der Waals surface area (Å²) < 4.78 is 10.4. The summed E-state index contributed by atoms with van der Waals surface area (Å²) in [5.74, 6) is -0.727. The van der Waals surface area contributed by atoms with E-state index in [1.54, 1.807) is 36.4 Å². The summed E-state index contributed by atoms with van der Waals surface area (Å²) in [6, 6.07) is 13.9. The fourth-order valence-electron chi connectivity index (χ4n) is 2.22. The molecule has 0 saturated carbocycles. The van der Waals surface area contributed by atoms with Gasteiger partial charge in [-0.3, -0.25) is 9.59 Å². The van der Waals surface area contributed by atoms with Gasteiger partial charge in [-0.15, -0.1) is 0 Å². The van der Waals surface area contributed by atoms with E-state index in [0.717, 1.165) is 5.56 Å². The summed E-state index contributed by atoms with van der Waals surface area (Å²) in [7, 11) is 0. The molecule has 0 radical (unpaired) electrons. The van der Waals surface area contributed by atoms with Crippen LogP contribution in [0.3, 0.4) is 0 Å². The lowest BCUT2D eigenvalue weighted by molar-refractivity contribution is -0.155. The number of anilines is 2. The van der Waals surface area contributed by atoms with Gasteiger partial charge in [0.25, 0.3) is 5.91 Å². The van der Waals surface area contributed by atoms with Crippen LogP contribution in [0.4, 0.5) is 11.4 Å². The Kier molecular flexibility index (Phi) is 6.93. The van der Waals surface area contributed by atoms with Crippen LogP contribution in [0, 0.1) is 6.92 Å². The molecule has 2 amide bonds. The molecule has 7 heteroatoms. The molecule has 0 fully saturated rings. The first kappa shape index (κ1) is 20.0. The molecule has 0 aromatic heterocycles. The molecule has 2 rings (SSSR count). The van der Waals surface area contributed by atoms with Crippen LogP contribution in [-0.4, -0.2) is 30.5 Å². The van der Waals surface area contributed by atoms with Crippen molar-refractivity contribution in [1.29, 1.82) is 0 Å². The van der Waals surface area contributed by atoms with E-state index < -0.39 is 18.0 Å². The molecule has 27 heavy (non-hydrogen) atoms. The Balaban J connectivity index is 1.80. The number of amides is 2. The molecule has 0 heterocycles. The molecule has 1 atom stereocenters. The van der Waals surface area contributed by atoms with E-state index in [-0.39, 0.29) is 12.5 Å². The second-order valence-corrected chi connectivity index (χ2v) is 5.99. The summed E-state index contributed by atoms with van der Waals surface area (Å²) in [6.07, 6.45) is -0.978. The monoisotopic (exact) mass is 370 g/mol. The van der Waals surface area contributed by atoms with Gasteiger partial charge < -0.3 is 20.1 Å². The van der Waals surface area contributed by atoms with Crippen molar-refractivity contribution < 1.29 is 23.9 Å². The van der Waals surface area contributed by atoms with Crippen molar-refractivity contribution in [2.45, 2.75) is 26.9 Å². The zero-order chi connectivity index (χ0) is 19.8. The number of benzene rings is 2. The Bertz CT molecular complexity index is 817. The molecule has 2 aromatic rings. The average Bonchev–Trinajstić information content (AvgIpc) is 2.61. The lowest BCUT2D eigenvalue weighted by Crippen LogP contribution is -2.31. The van der Waals surface area contributed by atoms with Crippen molar-refractivity contribution in [3.63, 3.8) is 0 Å². The minimum absolute atomic E-state index is 0.180. The first-order chi connectivity index (χ1) is 12.8. The van der Waals surface area contributed by atoms with Gasteiger partial charge >= 0.3 is 5.97 Å². The molecule has 0 saturated heterocycles. The molecular formula is C20H22N2O5. The molecule has 142 valence electrons. The topological polar surface area (TPSA) is 93.7 Å². The summed E-state index contributed by atoms with van der Waals surface area (Å²) in [6.45, 7) is 4.52. The summed E-state index contributed by atoms with van der Waals surface area (Å²) in [4.78, 5) is 35.0. The van der Waals surface area contributed by atoms with Crippen molar-refractivity contribution in [3.8, 4) is 5.75 Å². The Morgan fingerprint density at radius 2 is 1.63 bits per heavy atom. The lowest BCUT2D eigenvalue weighted by Gasteiger charge is -2.14. The van der Waals surface area contributed by atoms with Gasteiger partial charge in [-0.05, 0) is 55.8 Å². The molecule has 0 bridgehead atoms. The molecule has 2 N–H and O–H groups in total. The predicted molar refractivity (Wildman–Crippen MR) is 102 cm³/mol. The maximum atomic E-state index is 12.1. The molecule has 0 aliphatic carbocycles. The smallest absolute Gasteiger partial charge is 0.344 e. The highest BCUT2D eigenvalue weighted by Gasteiger charge is 2.18. The molecule has 0 unspecified atom stereocenters. The SMILES string of the molecule is CC(=O)Nc1ccc(NC(=O)[C@H](C)OC(=O)COc2cccc(C)c2)cc1. The van der Waals surface area contributed by atoms with E-state index in [1.807, 2.05) is 19.1 Å². The standard InChI is InChI=1S/C20H22N2O5/c1-13-5-4-6-18(11-13)26-12-19(24)27-14(2)20(25)22-17-9-7-16(8-10-17)21-15(3)23/h4-11,14H,12H2,1-3H3,(H,21,23)(H,22,25)/t14-/m0/s1. The number of nitrogens with one attached hydrogen (secondary N) is 2. The number of carbonyl (C=O) groups excluding carboxylic acids is 3. The Morgan fingerprint density at radius 3 is 2.22 bits per heavy atom. The normalized spacial score (nSPS) is 11.2. The van der Waals surface area contributed by atoms with Crippen LogP contribution in [0.5, 0.6) is 5.75 Å². The van der Waals surface area contributed by atoms with Crippen molar-refractivity contribution in [1.82, 2.24) is 0 Å². The van der Waals surface area contributed by atoms with Gasteiger partial charge in [0, 0.05) is 18.3 Å². The van der Waals surface area contributed by atoms with Crippen LogP contribution in [0.2, 0.25) is 0 Å². The van der Waals surface area contributed by atoms with Crippen LogP contribution in [-0.2, 0) is 19.1 Å². The third-order valence-corrected chi connectivity index (χ3v) is 3.50. The van der Waals surface area contributed by atoms with Gasteiger partial charge in [-0.2, -0.15) is 0 Å². The van der Waals surface area contributed by atoms with Gasteiger partial charge in [0.2, 0.25) is 5.91 Å². The number of hydrogen-bond donors (Lipinski definition) is 2. The van der Waals surface area contributed by atoms with Crippen molar-refractivity contribution in [2.24, 2.45) is 0 Å². The van der Waals surface area contributed by atoms with Gasteiger partial charge in [0.15, 0.2) is 12.7 Å². The second-order valence-electron chi connectivity index (χ2n) is 5.99. The molecule has 7 nitrogen and oxygen atoms in total. The quantitative estimate of drug-likeness (QED) is 0.731. The first-order valence-electron chi connectivity index (χ1n) is 8.41. The predicted octanol–water partition coefficient (Wildman–Crippen LogP) is 2.90. The minimum atomic E-state index is -0.978. The molecule has 0 spiro atoms. The third kappa shape index (κ3) is 6.81. The molecular weight excluding hydrogens is 348 g/mol. The Labute approximate surface area is 157 Å². The van der Waals surface area contributed by atoms with Crippen LogP contribution in [0.15, 0.2) is 48.5 Å². The number of rotatable bonds is 7. The van der Waals surface area contributed by atoms with E-state index in [1.165, 1.54) is 13.8 Å². The zero-order valence-corrected chi connectivity index (χ0v) is 15.4. The largest absolute Gasteiger partial charge is 0.482 e. The lowest BCUT2D eigenvalue weighted by atomic mass is 10.2. The zero-order valence-electron chi connectivity index (χ0n) is 15.4. The van der Waals surface area contributed by atoms with Crippen molar-refractivity contribution in [2.75, 3.05) is 17.2 Å². The van der Waals surface area contributed by atoms with Gasteiger partial charge in [0.1, 0.15) is 5.75 Å². The van der Waals surface area contributed by atoms with Gasteiger partial charge in [-0.1, -0.05) is 12.1 Å². The van der Waals surface area contributed by atoms with E-state index in [4.69, 9.17) is 9.47 Å². The molecule has 0 aliphatic rings. The van der Waals surface area contributed by atoms with E-state index in [2.05, 4.69) is 10.6 Å². The van der Waals surface area contributed by atoms with Gasteiger partial charge in [0.05, 0.1) is 0 Å². The van der Waals surface area contributed by atoms with E-state index >= 15 is 0 Å². The van der Waals surface area contributed by atoms with Gasteiger partial charge in [-0.25, -0.2) is 4.79 Å². The minimum Gasteiger partial charge on any atom is -0.482 e. The summed E-state index contributed by atoms with van der Waals surface area (Å²) >= 11 is 0. The highest BCUT2D eigenvalue weighted by atomic mass is 16.6. The molecule has 2 aromatic carbocycles. The number of esters is 1. The number of hydrogen-bond acceptors (Lipinski definition) is 5.